The van der Waals surface area contributed by atoms with Crippen LogP contribution in [0.5, 0.6) is 11.5 Å². The summed E-state index contributed by atoms with van der Waals surface area (Å²) in [4.78, 5) is 45.1. The van der Waals surface area contributed by atoms with Crippen molar-refractivity contribution in [1.82, 2.24) is 4.57 Å². The summed E-state index contributed by atoms with van der Waals surface area (Å²) in [6.45, 7) is 3.46. The molecule has 0 aliphatic carbocycles. The molecule has 0 unspecified atom stereocenters. The van der Waals surface area contributed by atoms with Gasteiger partial charge in [-0.1, -0.05) is 77.5 Å². The highest BCUT2D eigenvalue weighted by Crippen LogP contribution is 2.36. The monoisotopic (exact) mass is 632 g/mol. The number of thiazole rings is 1. The topological polar surface area (TPSA) is 105 Å². The Kier molecular flexibility index (Phi) is 9.62. The Morgan fingerprint density at radius 2 is 1.70 bits per heavy atom. The highest BCUT2D eigenvalue weighted by atomic mass is 35.5. The normalized spacial score (nSPS) is 14.5. The molecule has 0 bridgehead atoms. The lowest BCUT2D eigenvalue weighted by Gasteiger charge is -2.26. The molecule has 1 atom stereocenters. The van der Waals surface area contributed by atoms with Gasteiger partial charge in [-0.15, -0.1) is 0 Å². The number of carbonyl (C=O) groups is 2. The number of para-hydroxylation sites is 1. The van der Waals surface area contributed by atoms with Crippen molar-refractivity contribution in [1.29, 1.82) is 0 Å². The fourth-order valence-corrected chi connectivity index (χ4v) is 5.96. The molecule has 2 heterocycles. The first kappa shape index (κ1) is 30.8. The number of aromatic nitrogens is 1. The van der Waals surface area contributed by atoms with E-state index in [2.05, 4.69) is 0 Å². The number of esters is 2. The lowest BCUT2D eigenvalue weighted by atomic mass is 9.93. The van der Waals surface area contributed by atoms with Crippen LogP contribution in [-0.4, -0.2) is 43.4 Å². The first-order chi connectivity index (χ1) is 21.4. The molecule has 1 aliphatic rings. The van der Waals surface area contributed by atoms with Crippen molar-refractivity contribution in [2.45, 2.75) is 19.9 Å². The molecule has 11 heteroatoms. The van der Waals surface area contributed by atoms with Crippen LogP contribution in [0.1, 0.15) is 36.6 Å². The van der Waals surface area contributed by atoms with Crippen LogP contribution in [-0.2, 0) is 19.1 Å². The van der Waals surface area contributed by atoms with Gasteiger partial charge in [0.15, 0.2) is 22.9 Å². The summed E-state index contributed by atoms with van der Waals surface area (Å²) in [6.07, 6.45) is 1.65. The third-order valence-electron chi connectivity index (χ3n) is 6.71. The van der Waals surface area contributed by atoms with Crippen molar-refractivity contribution in [3.8, 4) is 11.5 Å². The number of hydrogen-bond acceptors (Lipinski definition) is 9. The summed E-state index contributed by atoms with van der Waals surface area (Å²) in [5.74, 6) is -0.454. The minimum Gasteiger partial charge on any atom is -0.493 e. The van der Waals surface area contributed by atoms with E-state index in [1.807, 2.05) is 30.3 Å². The Morgan fingerprint density at radius 3 is 2.39 bits per heavy atom. The van der Waals surface area contributed by atoms with Crippen molar-refractivity contribution in [2.75, 3.05) is 26.9 Å². The molecule has 3 aromatic carbocycles. The van der Waals surface area contributed by atoms with E-state index < -0.39 is 18.0 Å². The van der Waals surface area contributed by atoms with E-state index >= 15 is 0 Å². The van der Waals surface area contributed by atoms with Gasteiger partial charge in [0.25, 0.3) is 5.56 Å². The van der Waals surface area contributed by atoms with Crippen LogP contribution in [0, 0.1) is 0 Å². The number of hydrogen-bond donors (Lipinski definition) is 0. The molecular weight excluding hydrogens is 604 g/mol. The van der Waals surface area contributed by atoms with Gasteiger partial charge >= 0.3 is 11.9 Å². The average molecular weight is 633 g/mol. The Balaban J connectivity index is 1.75. The number of ether oxygens (including phenoxy) is 4. The SMILES string of the molecule is CCOC(=O)COc1c(/C=c2\sc3n(c2=O)[C@@H](c2ccc(Cl)cc2)C(C(=O)OCC)=C(c2ccccc2)N=3)cccc1OC. The molecule has 0 spiro atoms. The maximum absolute atomic E-state index is 14.2. The van der Waals surface area contributed by atoms with Gasteiger partial charge in [-0.3, -0.25) is 9.36 Å². The molecule has 4 aromatic rings. The van der Waals surface area contributed by atoms with Gasteiger partial charge in [0.2, 0.25) is 0 Å². The van der Waals surface area contributed by atoms with E-state index in [1.165, 1.54) is 23.0 Å². The van der Waals surface area contributed by atoms with Gasteiger partial charge in [-0.2, -0.15) is 0 Å². The molecule has 1 aromatic heterocycles. The molecule has 0 amide bonds. The fourth-order valence-electron chi connectivity index (χ4n) is 4.84. The van der Waals surface area contributed by atoms with E-state index in [1.54, 1.807) is 62.4 Å². The summed E-state index contributed by atoms with van der Waals surface area (Å²) >= 11 is 7.37. The smallest absolute Gasteiger partial charge is 0.344 e. The van der Waals surface area contributed by atoms with Gasteiger partial charge in [0.1, 0.15) is 0 Å². The van der Waals surface area contributed by atoms with Crippen LogP contribution in [0.2, 0.25) is 5.02 Å². The number of carbonyl (C=O) groups excluding carboxylic acids is 2. The van der Waals surface area contributed by atoms with Gasteiger partial charge in [-0.05, 0) is 43.7 Å². The third-order valence-corrected chi connectivity index (χ3v) is 7.95. The second-order valence-electron chi connectivity index (χ2n) is 9.46. The molecule has 5 rings (SSSR count). The van der Waals surface area contributed by atoms with Crippen molar-refractivity contribution in [3.05, 3.63) is 120 Å². The number of benzene rings is 3. The summed E-state index contributed by atoms with van der Waals surface area (Å²) in [5.41, 5.74) is 2.15. The first-order valence-electron chi connectivity index (χ1n) is 13.9. The quantitative estimate of drug-likeness (QED) is 0.236. The fraction of sp³-hybridized carbons (Fsp3) is 0.212. The van der Waals surface area contributed by atoms with Gasteiger partial charge in [0.05, 0.1) is 42.2 Å². The van der Waals surface area contributed by atoms with Crippen LogP contribution < -0.4 is 24.4 Å². The molecule has 0 N–H and O–H groups in total. The van der Waals surface area contributed by atoms with Crippen molar-refractivity contribution < 1.29 is 28.5 Å². The molecule has 0 radical (unpaired) electrons. The zero-order valence-electron chi connectivity index (χ0n) is 24.2. The lowest BCUT2D eigenvalue weighted by molar-refractivity contribution is -0.145. The number of nitrogens with zero attached hydrogens (tertiary/aromatic N) is 2. The van der Waals surface area contributed by atoms with Crippen LogP contribution >= 0.6 is 22.9 Å². The Bertz CT molecular complexity index is 1900. The number of rotatable bonds is 10. The molecule has 9 nitrogen and oxygen atoms in total. The van der Waals surface area contributed by atoms with Gasteiger partial charge < -0.3 is 18.9 Å². The molecule has 226 valence electrons. The maximum Gasteiger partial charge on any atom is 0.344 e. The van der Waals surface area contributed by atoms with E-state index in [9.17, 15) is 14.4 Å². The molecule has 0 fully saturated rings. The second kappa shape index (κ2) is 13.7. The minimum absolute atomic E-state index is 0.145. The first-order valence-corrected chi connectivity index (χ1v) is 15.0. The van der Waals surface area contributed by atoms with Crippen LogP contribution in [0.15, 0.2) is 88.2 Å². The van der Waals surface area contributed by atoms with Crippen molar-refractivity contribution in [3.63, 3.8) is 0 Å². The zero-order valence-corrected chi connectivity index (χ0v) is 25.8. The zero-order chi connectivity index (χ0) is 31.2. The molecule has 0 saturated heterocycles. The third kappa shape index (κ3) is 6.31. The van der Waals surface area contributed by atoms with Gasteiger partial charge in [0, 0.05) is 16.1 Å². The van der Waals surface area contributed by atoms with E-state index in [0.29, 0.717) is 42.5 Å². The number of fused-ring (bicyclic) bond motifs is 1. The number of methoxy groups -OCH3 is 1. The van der Waals surface area contributed by atoms with Crippen LogP contribution in [0.25, 0.3) is 11.8 Å². The van der Waals surface area contributed by atoms with Crippen LogP contribution in [0.3, 0.4) is 0 Å². The molecular formula is C33H29ClN2O7S. The maximum atomic E-state index is 14.2. The summed E-state index contributed by atoms with van der Waals surface area (Å²) in [6, 6.07) is 20.6. The predicted molar refractivity (Wildman–Crippen MR) is 168 cm³/mol. The Labute approximate surface area is 262 Å². The standard InChI is InChI=1S/C33H29ClN2O7S/c1-4-41-26(37)19-43-30-22(12-9-13-24(30)40-3)18-25-31(38)36-29(21-14-16-23(34)17-15-21)27(32(39)42-5-2)28(35-33(36)44-25)20-10-7-6-8-11-20/h6-18,29H,4-5,19H2,1-3H3/b25-18-/t29-/m0/s1. The largest absolute Gasteiger partial charge is 0.493 e. The van der Waals surface area contributed by atoms with Crippen molar-refractivity contribution >= 4 is 46.6 Å². The number of halogens is 1. The Hall–Kier alpha value is -4.67. The summed E-state index contributed by atoms with van der Waals surface area (Å²) in [5, 5.41) is 0.513. The second-order valence-corrected chi connectivity index (χ2v) is 10.9. The van der Waals surface area contributed by atoms with E-state index in [-0.39, 0.29) is 36.7 Å². The van der Waals surface area contributed by atoms with E-state index in [4.69, 9.17) is 35.5 Å². The lowest BCUT2D eigenvalue weighted by Crippen LogP contribution is -2.40. The minimum atomic E-state index is -0.843. The molecule has 44 heavy (non-hydrogen) atoms. The van der Waals surface area contributed by atoms with Gasteiger partial charge in [-0.25, -0.2) is 14.6 Å². The van der Waals surface area contributed by atoms with Crippen LogP contribution in [0.4, 0.5) is 0 Å². The molecule has 0 saturated carbocycles. The highest BCUT2D eigenvalue weighted by molar-refractivity contribution is 7.07. The predicted octanol–water partition coefficient (Wildman–Crippen LogP) is 4.54. The molecule has 1 aliphatic heterocycles. The summed E-state index contributed by atoms with van der Waals surface area (Å²) < 4.78 is 23.6. The average Bonchev–Trinajstić information content (AvgIpc) is 3.34. The highest BCUT2D eigenvalue weighted by Gasteiger charge is 2.35. The van der Waals surface area contributed by atoms with Crippen molar-refractivity contribution in [2.24, 2.45) is 4.99 Å². The van der Waals surface area contributed by atoms with E-state index in [0.717, 1.165) is 0 Å². The Morgan fingerprint density at radius 1 is 0.977 bits per heavy atom. The summed E-state index contributed by atoms with van der Waals surface area (Å²) in [7, 11) is 1.48.